The number of halogens is 1. The van der Waals surface area contributed by atoms with Crippen molar-refractivity contribution in [1.82, 2.24) is 10.2 Å². The molecule has 0 aliphatic rings. The van der Waals surface area contributed by atoms with Gasteiger partial charge in [-0.3, -0.25) is 0 Å². The fourth-order valence-corrected chi connectivity index (χ4v) is 1.44. The van der Waals surface area contributed by atoms with Crippen LogP contribution in [0.2, 0.25) is 0 Å². The molecule has 17 heavy (non-hydrogen) atoms. The summed E-state index contributed by atoms with van der Waals surface area (Å²) in [6, 6.07) is 6.08. The summed E-state index contributed by atoms with van der Waals surface area (Å²) in [4.78, 5) is 13.2. The molecule has 0 atom stereocenters. The lowest BCUT2D eigenvalue weighted by atomic mass is 10.2. The van der Waals surface area contributed by atoms with Crippen molar-refractivity contribution in [1.29, 1.82) is 0 Å². The van der Waals surface area contributed by atoms with E-state index in [1.807, 2.05) is 0 Å². The van der Waals surface area contributed by atoms with Crippen molar-refractivity contribution in [3.8, 4) is 0 Å². The zero-order valence-corrected chi connectivity index (χ0v) is 10.4. The van der Waals surface area contributed by atoms with Crippen molar-refractivity contribution >= 4 is 6.03 Å². The summed E-state index contributed by atoms with van der Waals surface area (Å²) >= 11 is 0. The molecule has 1 N–H and O–H groups in total. The van der Waals surface area contributed by atoms with E-state index in [2.05, 4.69) is 12.2 Å². The number of hydrogen-bond acceptors (Lipinski definition) is 1. The molecule has 0 heterocycles. The minimum atomic E-state index is -0.260. The molecule has 4 heteroatoms. The zero-order valence-electron chi connectivity index (χ0n) is 10.4. The molecule has 0 bridgehead atoms. The Morgan fingerprint density at radius 1 is 1.35 bits per heavy atom. The first-order chi connectivity index (χ1) is 8.13. The van der Waals surface area contributed by atoms with Gasteiger partial charge in [0, 0.05) is 20.1 Å². The number of unbranched alkanes of at least 4 members (excludes halogenated alkanes) is 1. The Labute approximate surface area is 102 Å². The van der Waals surface area contributed by atoms with E-state index in [0.717, 1.165) is 18.4 Å². The largest absolute Gasteiger partial charge is 0.338 e. The van der Waals surface area contributed by atoms with E-state index in [9.17, 15) is 9.18 Å². The summed E-state index contributed by atoms with van der Waals surface area (Å²) in [5.41, 5.74) is 0.916. The van der Waals surface area contributed by atoms with Crippen molar-refractivity contribution in [2.45, 2.75) is 26.3 Å². The molecule has 0 saturated carbocycles. The van der Waals surface area contributed by atoms with Crippen LogP contribution in [0.5, 0.6) is 0 Å². The maximum absolute atomic E-state index is 12.7. The topological polar surface area (TPSA) is 32.3 Å². The average molecular weight is 238 g/mol. The number of hydrogen-bond donors (Lipinski definition) is 1. The third kappa shape index (κ3) is 4.85. The monoisotopic (exact) mass is 238 g/mol. The summed E-state index contributed by atoms with van der Waals surface area (Å²) in [6.07, 6.45) is 2.04. The molecule has 0 aliphatic carbocycles. The number of nitrogens with one attached hydrogen (secondary N) is 1. The molecule has 0 aliphatic heterocycles. The second-order valence-electron chi connectivity index (χ2n) is 4.07. The lowest BCUT2D eigenvalue weighted by Crippen LogP contribution is -2.37. The van der Waals surface area contributed by atoms with Crippen molar-refractivity contribution in [2.75, 3.05) is 13.6 Å². The fraction of sp³-hybridized carbons (Fsp3) is 0.462. The molecule has 1 aromatic carbocycles. The first kappa shape index (κ1) is 13.5. The molecule has 3 nitrogen and oxygen atoms in total. The van der Waals surface area contributed by atoms with E-state index >= 15 is 0 Å². The van der Waals surface area contributed by atoms with Crippen molar-refractivity contribution < 1.29 is 9.18 Å². The van der Waals surface area contributed by atoms with Gasteiger partial charge in [-0.1, -0.05) is 25.5 Å². The fourth-order valence-electron chi connectivity index (χ4n) is 1.44. The molecule has 0 spiro atoms. The summed E-state index contributed by atoms with van der Waals surface area (Å²) < 4.78 is 12.7. The van der Waals surface area contributed by atoms with Gasteiger partial charge in [-0.2, -0.15) is 0 Å². The Morgan fingerprint density at radius 3 is 2.59 bits per heavy atom. The standard InChI is InChI=1S/C13H19FN2O/c1-3-4-9-15-13(17)16(2)10-11-5-7-12(14)8-6-11/h5-8H,3-4,9-10H2,1-2H3,(H,15,17). The molecule has 0 fully saturated rings. The van der Waals surface area contributed by atoms with Crippen LogP contribution >= 0.6 is 0 Å². The second-order valence-corrected chi connectivity index (χ2v) is 4.07. The SMILES string of the molecule is CCCCNC(=O)N(C)Cc1ccc(F)cc1. The van der Waals surface area contributed by atoms with E-state index in [-0.39, 0.29) is 11.8 Å². The van der Waals surface area contributed by atoms with E-state index in [1.54, 1.807) is 24.1 Å². The zero-order chi connectivity index (χ0) is 12.7. The van der Waals surface area contributed by atoms with Crippen LogP contribution in [-0.4, -0.2) is 24.5 Å². The van der Waals surface area contributed by atoms with Gasteiger partial charge in [0.1, 0.15) is 5.82 Å². The predicted octanol–water partition coefficient (Wildman–Crippen LogP) is 2.77. The maximum atomic E-state index is 12.7. The number of rotatable bonds is 5. The van der Waals surface area contributed by atoms with Crippen LogP contribution in [0.3, 0.4) is 0 Å². The van der Waals surface area contributed by atoms with Crippen molar-refractivity contribution in [3.05, 3.63) is 35.6 Å². The minimum Gasteiger partial charge on any atom is -0.338 e. The highest BCUT2D eigenvalue weighted by Crippen LogP contribution is 2.05. The van der Waals surface area contributed by atoms with Gasteiger partial charge >= 0.3 is 6.03 Å². The Kier molecular flexibility index (Phi) is 5.46. The van der Waals surface area contributed by atoms with Gasteiger partial charge in [0.15, 0.2) is 0 Å². The highest BCUT2D eigenvalue weighted by Gasteiger charge is 2.07. The van der Waals surface area contributed by atoms with Crippen molar-refractivity contribution in [3.63, 3.8) is 0 Å². The van der Waals surface area contributed by atoms with Crippen LogP contribution in [0.15, 0.2) is 24.3 Å². The molecular formula is C13H19FN2O. The van der Waals surface area contributed by atoms with Crippen LogP contribution in [0.1, 0.15) is 25.3 Å². The Hall–Kier alpha value is -1.58. The molecule has 0 radical (unpaired) electrons. The third-order valence-electron chi connectivity index (χ3n) is 2.49. The molecule has 1 rings (SSSR count). The van der Waals surface area contributed by atoms with Gasteiger partial charge in [-0.15, -0.1) is 0 Å². The normalized spacial score (nSPS) is 10.1. The molecule has 1 aromatic rings. The number of amides is 2. The summed E-state index contributed by atoms with van der Waals surface area (Å²) in [5, 5.41) is 2.83. The van der Waals surface area contributed by atoms with Gasteiger partial charge < -0.3 is 10.2 Å². The molecule has 2 amide bonds. The Balaban J connectivity index is 2.40. The summed E-state index contributed by atoms with van der Waals surface area (Å²) in [6.45, 7) is 3.26. The number of nitrogens with zero attached hydrogens (tertiary/aromatic N) is 1. The third-order valence-corrected chi connectivity index (χ3v) is 2.49. The average Bonchev–Trinajstić information content (AvgIpc) is 2.32. The smallest absolute Gasteiger partial charge is 0.317 e. The molecule has 0 aromatic heterocycles. The number of urea groups is 1. The summed E-state index contributed by atoms with van der Waals surface area (Å²) in [7, 11) is 1.73. The first-order valence-electron chi connectivity index (χ1n) is 5.87. The van der Waals surface area contributed by atoms with Crippen LogP contribution in [0, 0.1) is 5.82 Å². The summed E-state index contributed by atoms with van der Waals surface area (Å²) in [5.74, 6) is -0.260. The Morgan fingerprint density at radius 2 is 2.00 bits per heavy atom. The first-order valence-corrected chi connectivity index (χ1v) is 5.87. The van der Waals surface area contributed by atoms with Crippen LogP contribution in [0.4, 0.5) is 9.18 Å². The Bertz CT molecular complexity index is 351. The molecule has 94 valence electrons. The van der Waals surface area contributed by atoms with Crippen LogP contribution in [-0.2, 0) is 6.54 Å². The highest BCUT2D eigenvalue weighted by atomic mass is 19.1. The van der Waals surface area contributed by atoms with Crippen LogP contribution < -0.4 is 5.32 Å². The molecule has 0 saturated heterocycles. The van der Waals surface area contributed by atoms with E-state index in [4.69, 9.17) is 0 Å². The highest BCUT2D eigenvalue weighted by molar-refractivity contribution is 5.73. The maximum Gasteiger partial charge on any atom is 0.317 e. The van der Waals surface area contributed by atoms with Crippen LogP contribution in [0.25, 0.3) is 0 Å². The second kappa shape index (κ2) is 6.89. The van der Waals surface area contributed by atoms with Gasteiger partial charge in [-0.25, -0.2) is 9.18 Å². The lowest BCUT2D eigenvalue weighted by Gasteiger charge is -2.17. The minimum absolute atomic E-state index is 0.0947. The van der Waals surface area contributed by atoms with E-state index in [0.29, 0.717) is 13.1 Å². The van der Waals surface area contributed by atoms with Crippen molar-refractivity contribution in [2.24, 2.45) is 0 Å². The lowest BCUT2D eigenvalue weighted by molar-refractivity contribution is 0.207. The van der Waals surface area contributed by atoms with E-state index < -0.39 is 0 Å². The van der Waals surface area contributed by atoms with Gasteiger partial charge in [0.05, 0.1) is 0 Å². The van der Waals surface area contributed by atoms with Gasteiger partial charge in [-0.05, 0) is 24.1 Å². The molecular weight excluding hydrogens is 219 g/mol. The van der Waals surface area contributed by atoms with E-state index in [1.165, 1.54) is 12.1 Å². The number of benzene rings is 1. The predicted molar refractivity (Wildman–Crippen MR) is 66.2 cm³/mol. The van der Waals surface area contributed by atoms with Gasteiger partial charge in [0.25, 0.3) is 0 Å². The number of carbonyl (C=O) groups excluding carboxylic acids is 1. The quantitative estimate of drug-likeness (QED) is 0.786. The van der Waals surface area contributed by atoms with Gasteiger partial charge in [0.2, 0.25) is 0 Å². The molecule has 0 unspecified atom stereocenters. The number of carbonyl (C=O) groups is 1.